The van der Waals surface area contributed by atoms with Gasteiger partial charge < -0.3 is 25.4 Å². The monoisotopic (exact) mass is 673 g/mol. The quantitative estimate of drug-likeness (QED) is 0.216. The summed E-state index contributed by atoms with van der Waals surface area (Å²) < 4.78 is 54.6. The number of ether oxygens (including phenoxy) is 2. The maximum absolute atomic E-state index is 14.2. The van der Waals surface area contributed by atoms with Gasteiger partial charge in [-0.25, -0.2) is 32.1 Å². The van der Waals surface area contributed by atoms with E-state index in [2.05, 4.69) is 25.7 Å². The van der Waals surface area contributed by atoms with E-state index < -0.39 is 39.5 Å². The minimum absolute atomic E-state index is 0.000797. The first kappa shape index (κ1) is 33.8. The molecule has 2 aliphatic rings. The molecule has 1 saturated heterocycles. The summed E-state index contributed by atoms with van der Waals surface area (Å²) in [4.78, 5) is 30.3. The number of halogens is 1. The Morgan fingerprint density at radius 3 is 2.46 bits per heavy atom. The van der Waals surface area contributed by atoms with E-state index >= 15 is 0 Å². The number of carbonyl (C=O) groups excluding carboxylic acids is 2. The third-order valence-corrected chi connectivity index (χ3v) is 10.7. The maximum atomic E-state index is 14.2. The summed E-state index contributed by atoms with van der Waals surface area (Å²) in [7, 11) is -4.02. The predicted molar refractivity (Wildman–Crippen MR) is 174 cm³/mol. The van der Waals surface area contributed by atoms with Crippen LogP contribution in [-0.4, -0.2) is 56.4 Å². The summed E-state index contributed by atoms with van der Waals surface area (Å²) in [5.74, 6) is -0.253. The molecule has 3 amide bonds. The second kappa shape index (κ2) is 14.0. The van der Waals surface area contributed by atoms with Gasteiger partial charge in [-0.15, -0.1) is 11.3 Å². The average Bonchev–Trinajstić information content (AvgIpc) is 3.44. The van der Waals surface area contributed by atoms with Crippen LogP contribution in [0.2, 0.25) is 0 Å². The molecular weight excluding hydrogens is 634 g/mol. The highest BCUT2D eigenvalue weighted by atomic mass is 32.2. The Balaban J connectivity index is 1.30. The van der Waals surface area contributed by atoms with Gasteiger partial charge in [-0.1, -0.05) is 24.3 Å². The molecule has 248 valence electrons. The number of carbonyl (C=O) groups is 2. The fourth-order valence-corrected chi connectivity index (χ4v) is 8.33. The van der Waals surface area contributed by atoms with Gasteiger partial charge in [0.1, 0.15) is 5.82 Å². The lowest BCUT2D eigenvalue weighted by atomic mass is 9.86. The molecule has 11 nitrogen and oxygen atoms in total. The van der Waals surface area contributed by atoms with Crippen LogP contribution in [0.15, 0.2) is 53.6 Å². The molecule has 0 unspecified atom stereocenters. The lowest BCUT2D eigenvalue weighted by Gasteiger charge is -2.30. The summed E-state index contributed by atoms with van der Waals surface area (Å²) >= 11 is 1.44. The van der Waals surface area contributed by atoms with Crippen LogP contribution in [-0.2, 0) is 19.5 Å². The Hall–Kier alpha value is -3.59. The summed E-state index contributed by atoms with van der Waals surface area (Å²) in [5.41, 5.74) is 0.299. The zero-order valence-corrected chi connectivity index (χ0v) is 27.9. The fourth-order valence-electron chi connectivity index (χ4n) is 5.47. The molecular formula is C32H40FN5O6S2. The molecule has 1 aromatic heterocycles. The normalized spacial score (nSPS) is 19.5. The van der Waals surface area contributed by atoms with E-state index in [1.54, 1.807) is 64.2 Å². The lowest BCUT2D eigenvalue weighted by molar-refractivity contribution is -0.0985. The van der Waals surface area contributed by atoms with E-state index in [1.165, 1.54) is 23.5 Å². The van der Waals surface area contributed by atoms with Crippen LogP contribution in [0, 0.1) is 5.82 Å². The second-order valence-electron chi connectivity index (χ2n) is 12.7. The van der Waals surface area contributed by atoms with Crippen molar-refractivity contribution in [2.45, 2.75) is 87.9 Å². The zero-order chi connectivity index (χ0) is 33.1. The molecule has 1 aliphatic heterocycles. The van der Waals surface area contributed by atoms with Crippen molar-refractivity contribution in [2.24, 2.45) is 0 Å². The van der Waals surface area contributed by atoms with Gasteiger partial charge in [0, 0.05) is 40.5 Å². The number of rotatable bonds is 9. The van der Waals surface area contributed by atoms with Crippen LogP contribution in [0.3, 0.4) is 0 Å². The van der Waals surface area contributed by atoms with Crippen molar-refractivity contribution in [2.75, 3.05) is 18.5 Å². The van der Waals surface area contributed by atoms with E-state index in [0.717, 1.165) is 30.7 Å². The van der Waals surface area contributed by atoms with Crippen molar-refractivity contribution in [1.29, 1.82) is 0 Å². The Kier molecular flexibility index (Phi) is 10.3. The average molecular weight is 674 g/mol. The highest BCUT2D eigenvalue weighted by Crippen LogP contribution is 2.40. The van der Waals surface area contributed by atoms with E-state index in [0.29, 0.717) is 29.2 Å². The number of sulfonamides is 1. The highest BCUT2D eigenvalue weighted by molar-refractivity contribution is 7.89. The van der Waals surface area contributed by atoms with Gasteiger partial charge in [-0.05, 0) is 71.6 Å². The van der Waals surface area contributed by atoms with Crippen molar-refractivity contribution < 1.29 is 31.9 Å². The standard InChI is InChI=1S/C32H40FN5O6S2/c1-19(24-7-5-6-8-26(24)33)35-30(39)36-22-13-14-25(28(15-22)46(41,42)38-32(2,3)4)27-16-34-29(45-27)20-9-11-21(12-10-20)37-31(40)44-23-17-43-18-23/h5-8,13-16,19-21,23,38H,9-12,17-18H2,1-4H3,(H,37,40)(H2,35,36,39)/t19-,20-,21-/m0/s1. The van der Waals surface area contributed by atoms with Crippen molar-refractivity contribution in [3.63, 3.8) is 0 Å². The molecule has 1 aliphatic carbocycles. The van der Waals surface area contributed by atoms with E-state index in [1.807, 2.05) is 0 Å². The van der Waals surface area contributed by atoms with Crippen LogP contribution in [0.5, 0.6) is 0 Å². The van der Waals surface area contributed by atoms with Crippen molar-refractivity contribution in [1.82, 2.24) is 20.3 Å². The van der Waals surface area contributed by atoms with Crippen molar-refractivity contribution >= 4 is 39.2 Å². The zero-order valence-electron chi connectivity index (χ0n) is 26.3. The van der Waals surface area contributed by atoms with Gasteiger partial charge in [0.15, 0.2) is 6.10 Å². The smallest absolute Gasteiger partial charge is 0.407 e. The van der Waals surface area contributed by atoms with E-state index in [9.17, 15) is 22.4 Å². The Morgan fingerprint density at radius 2 is 1.80 bits per heavy atom. The molecule has 0 radical (unpaired) electrons. The van der Waals surface area contributed by atoms with E-state index in [-0.39, 0.29) is 28.6 Å². The maximum Gasteiger partial charge on any atom is 0.407 e. The number of benzene rings is 2. The molecule has 0 bridgehead atoms. The highest BCUT2D eigenvalue weighted by Gasteiger charge is 2.30. The van der Waals surface area contributed by atoms with Crippen LogP contribution in [0.1, 0.15) is 75.9 Å². The number of thiazole rings is 1. The first-order valence-corrected chi connectivity index (χ1v) is 17.6. The largest absolute Gasteiger partial charge is 0.441 e. The number of alkyl carbamates (subject to hydrolysis) is 1. The number of hydrogen-bond donors (Lipinski definition) is 4. The Morgan fingerprint density at radius 1 is 1.09 bits per heavy atom. The van der Waals surface area contributed by atoms with Gasteiger partial charge >= 0.3 is 12.1 Å². The summed E-state index contributed by atoms with van der Waals surface area (Å²) in [6.45, 7) is 7.79. The SMILES string of the molecule is C[C@H](NC(=O)Nc1ccc(-c2cnc([C@H]3CC[C@H](NC(=O)OC4COC4)CC3)s2)c(S(=O)(=O)NC(C)(C)C)c1)c1ccccc1F. The molecule has 46 heavy (non-hydrogen) atoms. The first-order chi connectivity index (χ1) is 21.8. The van der Waals surface area contributed by atoms with Crippen LogP contribution >= 0.6 is 11.3 Å². The van der Waals surface area contributed by atoms with Crippen LogP contribution < -0.4 is 20.7 Å². The van der Waals surface area contributed by atoms with Crippen LogP contribution in [0.4, 0.5) is 19.7 Å². The topological polar surface area (TPSA) is 148 Å². The molecule has 0 spiro atoms. The summed E-state index contributed by atoms with van der Waals surface area (Å²) in [6, 6.07) is 9.67. The summed E-state index contributed by atoms with van der Waals surface area (Å²) in [5, 5.41) is 9.23. The van der Waals surface area contributed by atoms with Crippen molar-refractivity contribution in [3.8, 4) is 10.4 Å². The second-order valence-corrected chi connectivity index (χ2v) is 15.4. The molecule has 1 atom stereocenters. The molecule has 4 N–H and O–H groups in total. The molecule has 2 aromatic carbocycles. The molecule has 3 aromatic rings. The number of anilines is 1. The minimum Gasteiger partial charge on any atom is -0.441 e. The summed E-state index contributed by atoms with van der Waals surface area (Å²) in [6.07, 6.45) is 4.31. The molecule has 5 rings (SSSR count). The van der Waals surface area contributed by atoms with Crippen LogP contribution in [0.25, 0.3) is 10.4 Å². The number of nitrogens with one attached hydrogen (secondary N) is 4. The number of hydrogen-bond acceptors (Lipinski definition) is 8. The fraction of sp³-hybridized carbons (Fsp3) is 0.469. The lowest BCUT2D eigenvalue weighted by Crippen LogP contribution is -2.44. The third kappa shape index (κ3) is 8.60. The predicted octanol–water partition coefficient (Wildman–Crippen LogP) is 6.06. The molecule has 1 saturated carbocycles. The van der Waals surface area contributed by atoms with Crippen molar-refractivity contribution in [3.05, 3.63) is 65.0 Å². The van der Waals surface area contributed by atoms with Gasteiger partial charge in [0.2, 0.25) is 10.0 Å². The molecule has 2 fully saturated rings. The van der Waals surface area contributed by atoms with Gasteiger partial charge in [0.05, 0.1) is 34.0 Å². The first-order valence-electron chi connectivity index (χ1n) is 15.3. The third-order valence-electron chi connectivity index (χ3n) is 7.76. The number of aromatic nitrogens is 1. The Bertz CT molecular complexity index is 1660. The van der Waals surface area contributed by atoms with Gasteiger partial charge in [-0.3, -0.25) is 0 Å². The Labute approximate surface area is 272 Å². The molecule has 14 heteroatoms. The number of nitrogens with zero attached hydrogens (tertiary/aromatic N) is 1. The van der Waals surface area contributed by atoms with Gasteiger partial charge in [0.25, 0.3) is 0 Å². The number of amides is 3. The number of urea groups is 1. The minimum atomic E-state index is -4.02. The van der Waals surface area contributed by atoms with Gasteiger partial charge in [-0.2, -0.15) is 0 Å². The van der Waals surface area contributed by atoms with E-state index in [4.69, 9.17) is 9.47 Å². The molecule has 2 heterocycles.